The molecule has 0 bridgehead atoms. The molecule has 0 aliphatic carbocycles. The second-order valence-corrected chi connectivity index (χ2v) is 7.19. The maximum absolute atomic E-state index is 12.1. The van der Waals surface area contributed by atoms with E-state index >= 15 is 0 Å². The van der Waals surface area contributed by atoms with Crippen molar-refractivity contribution in [3.8, 4) is 0 Å². The smallest absolute Gasteiger partial charge is 0.315 e. The molecule has 2 N–H and O–H groups in total. The zero-order valence-electron chi connectivity index (χ0n) is 14.4. The lowest BCUT2D eigenvalue weighted by molar-refractivity contribution is 0.107. The Kier molecular flexibility index (Phi) is 5.68. The molecule has 3 rings (SSSR count). The third kappa shape index (κ3) is 4.38. The predicted octanol–water partition coefficient (Wildman–Crippen LogP) is 4.40. The van der Waals surface area contributed by atoms with Crippen LogP contribution >= 0.6 is 11.3 Å². The Bertz CT molecular complexity index is 854. The first-order chi connectivity index (χ1) is 12.2. The van der Waals surface area contributed by atoms with E-state index in [1.54, 1.807) is 18.4 Å². The molecular formula is C20H22N2O2S. The van der Waals surface area contributed by atoms with E-state index < -0.39 is 0 Å². The van der Waals surface area contributed by atoms with Crippen molar-refractivity contribution in [1.82, 2.24) is 10.6 Å². The number of methoxy groups -OCH3 is 1. The van der Waals surface area contributed by atoms with Crippen LogP contribution in [0.25, 0.3) is 10.8 Å². The van der Waals surface area contributed by atoms with Crippen molar-refractivity contribution in [3.63, 3.8) is 0 Å². The van der Waals surface area contributed by atoms with Gasteiger partial charge in [-0.2, -0.15) is 0 Å². The summed E-state index contributed by atoms with van der Waals surface area (Å²) in [6.07, 6.45) is -0.123. The monoisotopic (exact) mass is 354 g/mol. The molecule has 0 saturated carbocycles. The molecule has 0 radical (unpaired) electrons. The largest absolute Gasteiger partial charge is 0.374 e. The van der Waals surface area contributed by atoms with Gasteiger partial charge in [0.25, 0.3) is 0 Å². The van der Waals surface area contributed by atoms with E-state index in [0.29, 0.717) is 13.1 Å². The SMILES string of the molecule is CO[C@@H](CNC(=O)NCc1cccc2ccccc12)c1ccc(C)s1. The molecule has 25 heavy (non-hydrogen) atoms. The maximum Gasteiger partial charge on any atom is 0.315 e. The van der Waals surface area contributed by atoms with E-state index in [9.17, 15) is 4.79 Å². The molecule has 2 aromatic carbocycles. The van der Waals surface area contributed by atoms with Gasteiger partial charge in [0.2, 0.25) is 0 Å². The minimum absolute atomic E-state index is 0.123. The molecule has 3 aromatic rings. The summed E-state index contributed by atoms with van der Waals surface area (Å²) in [5.41, 5.74) is 1.10. The Morgan fingerprint density at radius 2 is 1.88 bits per heavy atom. The molecule has 0 aliphatic heterocycles. The first kappa shape index (κ1) is 17.5. The average molecular weight is 354 g/mol. The van der Waals surface area contributed by atoms with Crippen molar-refractivity contribution >= 4 is 28.1 Å². The Morgan fingerprint density at radius 1 is 1.08 bits per heavy atom. The molecule has 2 amide bonds. The zero-order chi connectivity index (χ0) is 17.6. The van der Waals surface area contributed by atoms with Crippen LogP contribution in [0.15, 0.2) is 54.6 Å². The number of nitrogens with one attached hydrogen (secondary N) is 2. The summed E-state index contributed by atoms with van der Waals surface area (Å²) >= 11 is 1.69. The number of carbonyl (C=O) groups is 1. The van der Waals surface area contributed by atoms with Gasteiger partial charge >= 0.3 is 6.03 Å². The van der Waals surface area contributed by atoms with Crippen LogP contribution < -0.4 is 10.6 Å². The normalized spacial score (nSPS) is 12.1. The highest BCUT2D eigenvalue weighted by Crippen LogP contribution is 2.24. The third-order valence-electron chi connectivity index (χ3n) is 4.13. The van der Waals surface area contributed by atoms with Gasteiger partial charge in [0, 0.05) is 23.4 Å². The van der Waals surface area contributed by atoms with Crippen molar-refractivity contribution in [2.75, 3.05) is 13.7 Å². The molecule has 0 unspecified atom stereocenters. The standard InChI is InChI=1S/C20H22N2O2S/c1-14-10-11-19(25-14)18(24-2)13-22-20(23)21-12-16-8-5-7-15-6-3-4-9-17(15)16/h3-11,18H,12-13H2,1-2H3,(H2,21,22,23)/t18-/m0/s1. The molecule has 1 atom stereocenters. The number of urea groups is 1. The number of carbonyl (C=O) groups excluding carboxylic acids is 1. The summed E-state index contributed by atoms with van der Waals surface area (Å²) in [6, 6.07) is 18.2. The van der Waals surface area contributed by atoms with Crippen LogP contribution in [0.4, 0.5) is 4.79 Å². The van der Waals surface area contributed by atoms with Crippen LogP contribution in [-0.2, 0) is 11.3 Å². The summed E-state index contributed by atoms with van der Waals surface area (Å²) in [6.45, 7) is 2.99. The molecule has 0 fully saturated rings. The lowest BCUT2D eigenvalue weighted by atomic mass is 10.0. The molecule has 0 spiro atoms. The third-order valence-corrected chi connectivity index (χ3v) is 5.22. The van der Waals surface area contributed by atoms with Gasteiger partial charge in [0.05, 0.1) is 6.54 Å². The Hall–Kier alpha value is -2.37. The molecule has 4 nitrogen and oxygen atoms in total. The minimum Gasteiger partial charge on any atom is -0.374 e. The van der Waals surface area contributed by atoms with Crippen LogP contribution in [0.3, 0.4) is 0 Å². The lowest BCUT2D eigenvalue weighted by Gasteiger charge is -2.15. The minimum atomic E-state index is -0.191. The summed E-state index contributed by atoms with van der Waals surface area (Å²) in [5.74, 6) is 0. The first-order valence-electron chi connectivity index (χ1n) is 8.25. The van der Waals surface area contributed by atoms with E-state index in [1.165, 1.54) is 10.3 Å². The van der Waals surface area contributed by atoms with E-state index in [-0.39, 0.29) is 12.1 Å². The maximum atomic E-state index is 12.1. The van der Waals surface area contributed by atoms with Gasteiger partial charge in [-0.25, -0.2) is 4.79 Å². The quantitative estimate of drug-likeness (QED) is 0.689. The van der Waals surface area contributed by atoms with Crippen molar-refractivity contribution in [2.45, 2.75) is 19.6 Å². The number of hydrogen-bond donors (Lipinski definition) is 2. The number of rotatable bonds is 6. The summed E-state index contributed by atoms with van der Waals surface area (Å²) in [5, 5.41) is 8.15. The van der Waals surface area contributed by atoms with E-state index in [0.717, 1.165) is 15.8 Å². The zero-order valence-corrected chi connectivity index (χ0v) is 15.2. The molecular weight excluding hydrogens is 332 g/mol. The fourth-order valence-electron chi connectivity index (χ4n) is 2.80. The van der Waals surface area contributed by atoms with Crippen molar-refractivity contribution < 1.29 is 9.53 Å². The number of amides is 2. The number of aryl methyl sites for hydroxylation is 1. The molecule has 0 saturated heterocycles. The lowest BCUT2D eigenvalue weighted by Crippen LogP contribution is -2.37. The van der Waals surface area contributed by atoms with Crippen molar-refractivity contribution in [2.24, 2.45) is 0 Å². The topological polar surface area (TPSA) is 50.4 Å². The Morgan fingerprint density at radius 3 is 2.64 bits per heavy atom. The second kappa shape index (κ2) is 8.14. The van der Waals surface area contributed by atoms with Gasteiger partial charge in [-0.15, -0.1) is 11.3 Å². The van der Waals surface area contributed by atoms with Crippen LogP contribution in [0.1, 0.15) is 21.4 Å². The number of fused-ring (bicyclic) bond motifs is 1. The van der Waals surface area contributed by atoms with Gasteiger partial charge in [-0.3, -0.25) is 0 Å². The average Bonchev–Trinajstić information content (AvgIpc) is 3.06. The second-order valence-electron chi connectivity index (χ2n) is 5.87. The number of hydrogen-bond acceptors (Lipinski definition) is 3. The Labute approximate surface area is 151 Å². The van der Waals surface area contributed by atoms with Crippen molar-refractivity contribution in [3.05, 3.63) is 69.9 Å². The molecule has 1 aromatic heterocycles. The van der Waals surface area contributed by atoms with Gasteiger partial charge in [-0.05, 0) is 35.4 Å². The highest BCUT2D eigenvalue weighted by molar-refractivity contribution is 7.12. The van der Waals surface area contributed by atoms with Gasteiger partial charge in [-0.1, -0.05) is 42.5 Å². The fourth-order valence-corrected chi connectivity index (χ4v) is 3.75. The van der Waals surface area contributed by atoms with Gasteiger partial charge in [0.15, 0.2) is 0 Å². The molecule has 1 heterocycles. The predicted molar refractivity (Wildman–Crippen MR) is 103 cm³/mol. The van der Waals surface area contributed by atoms with Crippen LogP contribution in [0, 0.1) is 6.92 Å². The molecule has 130 valence electrons. The molecule has 5 heteroatoms. The van der Waals surface area contributed by atoms with E-state index in [4.69, 9.17) is 4.74 Å². The van der Waals surface area contributed by atoms with Gasteiger partial charge < -0.3 is 15.4 Å². The highest BCUT2D eigenvalue weighted by Gasteiger charge is 2.14. The number of thiophene rings is 1. The highest BCUT2D eigenvalue weighted by atomic mass is 32.1. The van der Waals surface area contributed by atoms with Crippen LogP contribution in [0.5, 0.6) is 0 Å². The number of ether oxygens (including phenoxy) is 1. The van der Waals surface area contributed by atoms with E-state index in [2.05, 4.69) is 41.8 Å². The van der Waals surface area contributed by atoms with Crippen LogP contribution in [-0.4, -0.2) is 19.7 Å². The molecule has 0 aliphatic rings. The van der Waals surface area contributed by atoms with Crippen LogP contribution in [0.2, 0.25) is 0 Å². The summed E-state index contributed by atoms with van der Waals surface area (Å²) in [7, 11) is 1.66. The number of benzene rings is 2. The summed E-state index contributed by atoms with van der Waals surface area (Å²) < 4.78 is 5.49. The fraction of sp³-hybridized carbons (Fsp3) is 0.250. The van der Waals surface area contributed by atoms with Crippen molar-refractivity contribution in [1.29, 1.82) is 0 Å². The van der Waals surface area contributed by atoms with E-state index in [1.807, 2.05) is 30.3 Å². The Balaban J connectivity index is 1.55. The first-order valence-corrected chi connectivity index (χ1v) is 9.06. The summed E-state index contributed by atoms with van der Waals surface area (Å²) in [4.78, 5) is 14.5. The van der Waals surface area contributed by atoms with Gasteiger partial charge in [0.1, 0.15) is 6.10 Å².